The van der Waals surface area contributed by atoms with Crippen LogP contribution in [0.2, 0.25) is 0 Å². The maximum atomic E-state index is 13.1. The Labute approximate surface area is 214 Å². The standard InChI is InChI=1S/C23H34N6O8/c1-23(2,3)37-22(34)28-16(10-11-18(30)24-4)21(33)27-17(20(32)26-13-19(31)25-5)12-14-6-8-15(9-7-14)29(35)36/h6-9,16-17H,10-13H2,1-5H3,(H,24,30)(H,25,31)(H,26,32)(H,27,33)(H,28,34)/t16-,17-/m1/s1. The minimum Gasteiger partial charge on any atom is -0.444 e. The van der Waals surface area contributed by atoms with Gasteiger partial charge in [-0.1, -0.05) is 12.1 Å². The van der Waals surface area contributed by atoms with Crippen molar-refractivity contribution in [1.82, 2.24) is 26.6 Å². The Morgan fingerprint density at radius 3 is 2.03 bits per heavy atom. The van der Waals surface area contributed by atoms with Crippen molar-refractivity contribution in [1.29, 1.82) is 0 Å². The summed E-state index contributed by atoms with van der Waals surface area (Å²) < 4.78 is 5.20. The molecule has 0 aliphatic rings. The summed E-state index contributed by atoms with van der Waals surface area (Å²) in [6.45, 7) is 4.58. The quantitative estimate of drug-likeness (QED) is 0.185. The summed E-state index contributed by atoms with van der Waals surface area (Å²) in [6.07, 6.45) is -1.15. The Balaban J connectivity index is 3.12. The lowest BCUT2D eigenvalue weighted by atomic mass is 10.0. The molecule has 1 aromatic rings. The van der Waals surface area contributed by atoms with Crippen LogP contribution < -0.4 is 26.6 Å². The van der Waals surface area contributed by atoms with Crippen LogP contribution in [-0.2, 0) is 30.3 Å². The Hall–Kier alpha value is -4.23. The minimum atomic E-state index is -1.22. The molecular formula is C23H34N6O8. The average Bonchev–Trinajstić information content (AvgIpc) is 2.83. The van der Waals surface area contributed by atoms with Crippen LogP contribution in [0.5, 0.6) is 0 Å². The topological polar surface area (TPSA) is 198 Å². The van der Waals surface area contributed by atoms with Crippen LogP contribution in [0.3, 0.4) is 0 Å². The summed E-state index contributed by atoms with van der Waals surface area (Å²) in [6, 6.07) is 2.95. The number of nitrogens with zero attached hydrogens (tertiary/aromatic N) is 1. The summed E-state index contributed by atoms with van der Waals surface area (Å²) in [5.41, 5.74) is -0.498. The lowest BCUT2D eigenvalue weighted by molar-refractivity contribution is -0.384. The summed E-state index contributed by atoms with van der Waals surface area (Å²) in [7, 11) is 2.82. The van der Waals surface area contributed by atoms with Gasteiger partial charge in [0.25, 0.3) is 5.69 Å². The molecule has 1 aromatic carbocycles. The first-order valence-corrected chi connectivity index (χ1v) is 11.5. The number of likely N-dealkylation sites (N-methyl/N-ethyl adjacent to an activating group) is 1. The second kappa shape index (κ2) is 14.4. The lowest BCUT2D eigenvalue weighted by Crippen LogP contribution is -2.55. The molecule has 0 bridgehead atoms. The molecule has 0 fully saturated rings. The smallest absolute Gasteiger partial charge is 0.408 e. The van der Waals surface area contributed by atoms with Gasteiger partial charge in [0.05, 0.1) is 11.5 Å². The fourth-order valence-electron chi connectivity index (χ4n) is 2.97. The second-order valence-corrected chi connectivity index (χ2v) is 8.99. The van der Waals surface area contributed by atoms with Crippen molar-refractivity contribution in [3.63, 3.8) is 0 Å². The molecule has 0 aromatic heterocycles. The highest BCUT2D eigenvalue weighted by Gasteiger charge is 2.29. The van der Waals surface area contributed by atoms with Gasteiger partial charge in [-0.25, -0.2) is 4.79 Å². The van der Waals surface area contributed by atoms with Crippen molar-refractivity contribution in [3.05, 3.63) is 39.9 Å². The van der Waals surface area contributed by atoms with E-state index in [1.54, 1.807) is 20.8 Å². The normalized spacial score (nSPS) is 12.4. The number of hydrogen-bond donors (Lipinski definition) is 5. The number of benzene rings is 1. The summed E-state index contributed by atoms with van der Waals surface area (Å²) in [5.74, 6) is -2.30. The number of nitro benzene ring substituents is 1. The highest BCUT2D eigenvalue weighted by molar-refractivity contribution is 5.93. The van der Waals surface area contributed by atoms with Gasteiger partial charge in [-0.05, 0) is 32.8 Å². The molecule has 204 valence electrons. The molecule has 0 aliphatic carbocycles. The van der Waals surface area contributed by atoms with Gasteiger partial charge in [-0.3, -0.25) is 29.3 Å². The SMILES string of the molecule is CNC(=O)CC[C@@H](NC(=O)OC(C)(C)C)C(=O)N[C@H](Cc1ccc([N+](=O)[O-])cc1)C(=O)NCC(=O)NC. The van der Waals surface area contributed by atoms with E-state index in [-0.39, 0.29) is 37.4 Å². The van der Waals surface area contributed by atoms with Crippen molar-refractivity contribution < 1.29 is 33.6 Å². The van der Waals surface area contributed by atoms with Crippen molar-refractivity contribution in [2.45, 2.75) is 57.7 Å². The van der Waals surface area contributed by atoms with E-state index in [1.807, 2.05) is 0 Å². The highest BCUT2D eigenvalue weighted by atomic mass is 16.6. The van der Waals surface area contributed by atoms with Crippen LogP contribution >= 0.6 is 0 Å². The van der Waals surface area contributed by atoms with E-state index in [2.05, 4.69) is 26.6 Å². The van der Waals surface area contributed by atoms with Gasteiger partial charge in [-0.2, -0.15) is 0 Å². The fourth-order valence-corrected chi connectivity index (χ4v) is 2.97. The van der Waals surface area contributed by atoms with E-state index < -0.39 is 46.4 Å². The number of ether oxygens (including phenoxy) is 1. The summed E-state index contributed by atoms with van der Waals surface area (Å²) >= 11 is 0. The average molecular weight is 523 g/mol. The molecule has 5 amide bonds. The third kappa shape index (κ3) is 11.8. The molecule has 2 atom stereocenters. The first-order chi connectivity index (χ1) is 17.2. The third-order valence-electron chi connectivity index (χ3n) is 4.87. The van der Waals surface area contributed by atoms with E-state index in [0.29, 0.717) is 5.56 Å². The van der Waals surface area contributed by atoms with Gasteiger partial charge in [0, 0.05) is 39.1 Å². The number of nitro groups is 1. The number of alkyl carbamates (subject to hydrolysis) is 1. The van der Waals surface area contributed by atoms with Crippen molar-refractivity contribution in [2.24, 2.45) is 0 Å². The van der Waals surface area contributed by atoms with Gasteiger partial charge in [0.2, 0.25) is 23.6 Å². The molecule has 1 rings (SSSR count). The minimum absolute atomic E-state index is 0.0715. The van der Waals surface area contributed by atoms with Crippen LogP contribution in [0.25, 0.3) is 0 Å². The molecule has 0 radical (unpaired) electrons. The summed E-state index contributed by atoms with van der Waals surface area (Å²) in [4.78, 5) is 71.9. The van der Waals surface area contributed by atoms with Crippen LogP contribution in [0.1, 0.15) is 39.2 Å². The lowest BCUT2D eigenvalue weighted by Gasteiger charge is -2.25. The molecule has 0 unspecified atom stereocenters. The molecule has 37 heavy (non-hydrogen) atoms. The molecule has 0 heterocycles. The van der Waals surface area contributed by atoms with Crippen LogP contribution in [0.15, 0.2) is 24.3 Å². The number of hydrogen-bond acceptors (Lipinski definition) is 8. The fraction of sp³-hybridized carbons (Fsp3) is 0.522. The number of carbonyl (C=O) groups excluding carboxylic acids is 5. The summed E-state index contributed by atoms with van der Waals surface area (Å²) in [5, 5.41) is 23.1. The van der Waals surface area contributed by atoms with Crippen LogP contribution in [-0.4, -0.2) is 73.0 Å². The Kier molecular flexibility index (Phi) is 12.0. The van der Waals surface area contributed by atoms with Crippen molar-refractivity contribution in [2.75, 3.05) is 20.6 Å². The van der Waals surface area contributed by atoms with Crippen molar-refractivity contribution >= 4 is 35.4 Å². The Morgan fingerprint density at radius 2 is 1.51 bits per heavy atom. The number of rotatable bonds is 12. The third-order valence-corrected chi connectivity index (χ3v) is 4.87. The molecule has 0 aliphatic heterocycles. The van der Waals surface area contributed by atoms with E-state index in [9.17, 15) is 34.1 Å². The molecule has 0 spiro atoms. The van der Waals surface area contributed by atoms with Gasteiger partial charge < -0.3 is 31.3 Å². The first kappa shape index (κ1) is 30.8. The molecule has 5 N–H and O–H groups in total. The molecule has 14 nitrogen and oxygen atoms in total. The molecular weight excluding hydrogens is 488 g/mol. The maximum Gasteiger partial charge on any atom is 0.408 e. The van der Waals surface area contributed by atoms with E-state index >= 15 is 0 Å². The molecule has 14 heteroatoms. The largest absolute Gasteiger partial charge is 0.444 e. The van der Waals surface area contributed by atoms with Crippen LogP contribution in [0, 0.1) is 10.1 Å². The zero-order chi connectivity index (χ0) is 28.2. The molecule has 0 saturated heterocycles. The van der Waals surface area contributed by atoms with Gasteiger partial charge >= 0.3 is 6.09 Å². The van der Waals surface area contributed by atoms with Gasteiger partial charge in [-0.15, -0.1) is 0 Å². The zero-order valence-corrected chi connectivity index (χ0v) is 21.5. The maximum absolute atomic E-state index is 13.1. The van der Waals surface area contributed by atoms with E-state index in [0.717, 1.165) is 0 Å². The highest BCUT2D eigenvalue weighted by Crippen LogP contribution is 2.14. The monoisotopic (exact) mass is 522 g/mol. The van der Waals surface area contributed by atoms with Gasteiger partial charge in [0.1, 0.15) is 17.7 Å². The number of amides is 5. The van der Waals surface area contributed by atoms with Crippen molar-refractivity contribution in [3.8, 4) is 0 Å². The Morgan fingerprint density at radius 1 is 0.919 bits per heavy atom. The predicted octanol–water partition coefficient (Wildman–Crippen LogP) is -0.0962. The first-order valence-electron chi connectivity index (χ1n) is 11.5. The number of carbonyl (C=O) groups is 5. The molecule has 0 saturated carbocycles. The number of nitrogens with one attached hydrogen (secondary N) is 5. The van der Waals surface area contributed by atoms with Crippen LogP contribution in [0.4, 0.5) is 10.5 Å². The predicted molar refractivity (Wildman–Crippen MR) is 132 cm³/mol. The zero-order valence-electron chi connectivity index (χ0n) is 21.5. The second-order valence-electron chi connectivity index (χ2n) is 8.99. The van der Waals surface area contributed by atoms with E-state index in [4.69, 9.17) is 4.74 Å². The van der Waals surface area contributed by atoms with Gasteiger partial charge in [0.15, 0.2) is 0 Å². The van der Waals surface area contributed by atoms with E-state index in [1.165, 1.54) is 38.4 Å². The Bertz CT molecular complexity index is 990. The number of non-ortho nitro benzene ring substituents is 1.